The van der Waals surface area contributed by atoms with E-state index in [1.165, 1.54) is 0 Å². The average molecular weight is 384 g/mol. The van der Waals surface area contributed by atoms with Crippen molar-refractivity contribution in [3.63, 3.8) is 0 Å². The lowest BCUT2D eigenvalue weighted by Crippen LogP contribution is -2.14. The fourth-order valence-electron chi connectivity index (χ4n) is 3.05. The third-order valence-electron chi connectivity index (χ3n) is 4.51. The summed E-state index contributed by atoms with van der Waals surface area (Å²) in [5.74, 6) is 0.0629. The molecular formula is C22H20N6O. The maximum Gasteiger partial charge on any atom is 0.272 e. The first-order chi connectivity index (χ1) is 14.0. The second kappa shape index (κ2) is 7.47. The van der Waals surface area contributed by atoms with Crippen molar-refractivity contribution in [2.75, 3.05) is 5.32 Å². The van der Waals surface area contributed by atoms with Crippen LogP contribution < -0.4 is 16.5 Å². The van der Waals surface area contributed by atoms with Crippen molar-refractivity contribution in [2.45, 2.75) is 6.92 Å². The molecule has 5 N–H and O–H groups in total. The predicted octanol–water partition coefficient (Wildman–Crippen LogP) is 3.71. The summed E-state index contributed by atoms with van der Waals surface area (Å²) in [5.41, 5.74) is 12.7. The summed E-state index contributed by atoms with van der Waals surface area (Å²) in [7, 11) is 0. The van der Waals surface area contributed by atoms with Crippen LogP contribution in [0.25, 0.3) is 21.8 Å². The van der Waals surface area contributed by atoms with Crippen LogP contribution in [0.15, 0.2) is 78.3 Å². The molecule has 2 heterocycles. The van der Waals surface area contributed by atoms with E-state index in [1.54, 1.807) is 6.20 Å². The van der Waals surface area contributed by atoms with Gasteiger partial charge in [-0.1, -0.05) is 18.7 Å². The Kier molecular flexibility index (Phi) is 4.70. The van der Waals surface area contributed by atoms with E-state index >= 15 is 0 Å². The molecule has 0 fully saturated rings. The van der Waals surface area contributed by atoms with Crippen molar-refractivity contribution in [1.82, 2.24) is 15.4 Å². The van der Waals surface area contributed by atoms with Crippen molar-refractivity contribution < 1.29 is 4.79 Å². The number of anilines is 1. The van der Waals surface area contributed by atoms with Crippen LogP contribution in [-0.4, -0.2) is 21.6 Å². The lowest BCUT2D eigenvalue weighted by atomic mass is 10.1. The van der Waals surface area contributed by atoms with Crippen molar-refractivity contribution in [1.29, 1.82) is 0 Å². The van der Waals surface area contributed by atoms with Crippen LogP contribution in [-0.2, 0) is 0 Å². The van der Waals surface area contributed by atoms with Gasteiger partial charge in [-0.2, -0.15) is 5.10 Å². The third kappa shape index (κ3) is 3.93. The Labute approximate surface area is 167 Å². The van der Waals surface area contributed by atoms with Crippen LogP contribution in [0, 0.1) is 0 Å². The van der Waals surface area contributed by atoms with E-state index < -0.39 is 0 Å². The number of hydrazone groups is 1. The van der Waals surface area contributed by atoms with Gasteiger partial charge in [0.1, 0.15) is 11.5 Å². The number of nitrogens with two attached hydrogens (primary N) is 1. The first kappa shape index (κ1) is 18.2. The Bertz CT molecular complexity index is 1270. The zero-order chi connectivity index (χ0) is 20.4. The number of H-pyrrole nitrogens is 1. The average Bonchev–Trinajstić information content (AvgIpc) is 3.15. The van der Waals surface area contributed by atoms with E-state index in [9.17, 15) is 4.79 Å². The van der Waals surface area contributed by atoms with Crippen molar-refractivity contribution >= 4 is 39.1 Å². The zero-order valence-corrected chi connectivity index (χ0v) is 15.9. The van der Waals surface area contributed by atoms with Gasteiger partial charge in [-0.05, 0) is 55.0 Å². The van der Waals surface area contributed by atoms with Gasteiger partial charge < -0.3 is 16.0 Å². The number of amides is 1. The summed E-state index contributed by atoms with van der Waals surface area (Å²) in [5, 5.41) is 8.98. The molecule has 7 nitrogen and oxygen atoms in total. The summed E-state index contributed by atoms with van der Waals surface area (Å²) in [6.45, 7) is 5.42. The van der Waals surface area contributed by atoms with E-state index in [0.717, 1.165) is 33.1 Å². The minimum absolute atomic E-state index is 0.211. The molecule has 0 spiro atoms. The Hall–Kier alpha value is -4.13. The number of carbonyl (C=O) groups is 1. The Morgan fingerprint density at radius 1 is 1.14 bits per heavy atom. The van der Waals surface area contributed by atoms with Crippen molar-refractivity contribution in [3.05, 3.63) is 84.5 Å². The topological polar surface area (TPSA) is 108 Å². The summed E-state index contributed by atoms with van der Waals surface area (Å²) in [4.78, 5) is 20.1. The van der Waals surface area contributed by atoms with Gasteiger partial charge in [0, 0.05) is 28.2 Å². The molecule has 0 unspecified atom stereocenters. The highest BCUT2D eigenvalue weighted by Crippen LogP contribution is 2.21. The van der Waals surface area contributed by atoms with Gasteiger partial charge in [-0.25, -0.2) is 0 Å². The van der Waals surface area contributed by atoms with Gasteiger partial charge in [0.05, 0.1) is 11.2 Å². The van der Waals surface area contributed by atoms with Crippen LogP contribution in [0.3, 0.4) is 0 Å². The molecule has 1 amide bonds. The SMILES string of the molecule is C=C(N)N/N=C(/C)c1ccc2[nH]c(C(=O)Nc3ccc4ncccc4c3)cc2c1. The number of carbonyl (C=O) groups excluding carboxylic acids is 1. The van der Waals surface area contributed by atoms with E-state index in [4.69, 9.17) is 5.73 Å². The van der Waals surface area contributed by atoms with Crippen LogP contribution in [0.2, 0.25) is 0 Å². The first-order valence-electron chi connectivity index (χ1n) is 9.03. The van der Waals surface area contributed by atoms with Gasteiger partial charge in [-0.3, -0.25) is 15.2 Å². The van der Waals surface area contributed by atoms with Crippen LogP contribution in [0.5, 0.6) is 0 Å². The number of aromatic nitrogens is 2. The molecule has 0 bridgehead atoms. The second-order valence-corrected chi connectivity index (χ2v) is 6.68. The molecule has 2 aromatic carbocycles. The quantitative estimate of drug-likeness (QED) is 0.311. The van der Waals surface area contributed by atoms with Gasteiger partial charge in [-0.15, -0.1) is 0 Å². The molecule has 144 valence electrons. The molecule has 0 aliphatic carbocycles. The molecule has 0 saturated heterocycles. The maximum atomic E-state index is 12.7. The summed E-state index contributed by atoms with van der Waals surface area (Å²) >= 11 is 0. The Morgan fingerprint density at radius 2 is 2.00 bits per heavy atom. The predicted molar refractivity (Wildman–Crippen MR) is 117 cm³/mol. The number of nitrogens with one attached hydrogen (secondary N) is 3. The molecule has 0 radical (unpaired) electrons. The number of benzene rings is 2. The van der Waals surface area contributed by atoms with Crippen LogP contribution >= 0.6 is 0 Å². The number of hydrogen-bond donors (Lipinski definition) is 4. The Balaban J connectivity index is 1.57. The lowest BCUT2D eigenvalue weighted by Gasteiger charge is -2.05. The number of nitrogens with zero attached hydrogens (tertiary/aromatic N) is 2. The minimum Gasteiger partial charge on any atom is -0.385 e. The van der Waals surface area contributed by atoms with Gasteiger partial charge in [0.25, 0.3) is 5.91 Å². The molecular weight excluding hydrogens is 364 g/mol. The van der Waals surface area contributed by atoms with E-state index in [-0.39, 0.29) is 11.7 Å². The van der Waals surface area contributed by atoms with Gasteiger partial charge in [0.2, 0.25) is 0 Å². The van der Waals surface area contributed by atoms with Crippen LogP contribution in [0.4, 0.5) is 5.69 Å². The van der Waals surface area contributed by atoms with Gasteiger partial charge >= 0.3 is 0 Å². The van der Waals surface area contributed by atoms with E-state index in [2.05, 4.69) is 32.4 Å². The molecule has 4 aromatic rings. The molecule has 0 saturated carbocycles. The number of aromatic amines is 1. The normalized spacial score (nSPS) is 11.6. The third-order valence-corrected chi connectivity index (χ3v) is 4.51. The fourth-order valence-corrected chi connectivity index (χ4v) is 3.05. The van der Waals surface area contributed by atoms with Crippen molar-refractivity contribution in [3.8, 4) is 0 Å². The smallest absolute Gasteiger partial charge is 0.272 e. The number of rotatable bonds is 5. The number of fused-ring (bicyclic) bond motifs is 2. The molecule has 7 heteroatoms. The molecule has 0 atom stereocenters. The molecule has 29 heavy (non-hydrogen) atoms. The minimum atomic E-state index is -0.211. The van der Waals surface area contributed by atoms with Gasteiger partial charge in [0.15, 0.2) is 0 Å². The standard InChI is InChI=1S/C22H20N6O/c1-13(27-28-14(2)23)15-5-7-20-17(10-15)12-21(26-20)22(29)25-18-6-8-19-16(11-18)4-3-9-24-19/h3-12,26,28H,2,23H2,1H3,(H,25,29)/b27-13-. The summed E-state index contributed by atoms with van der Waals surface area (Å²) in [6, 6.07) is 17.1. The second-order valence-electron chi connectivity index (χ2n) is 6.68. The molecule has 0 aliphatic heterocycles. The number of pyridine rings is 1. The monoisotopic (exact) mass is 384 g/mol. The van der Waals surface area contributed by atoms with E-state index in [0.29, 0.717) is 11.4 Å². The summed E-state index contributed by atoms with van der Waals surface area (Å²) in [6.07, 6.45) is 1.74. The highest BCUT2D eigenvalue weighted by Gasteiger charge is 2.11. The van der Waals surface area contributed by atoms with Crippen molar-refractivity contribution in [2.24, 2.45) is 10.8 Å². The first-order valence-corrected chi connectivity index (χ1v) is 9.03. The molecule has 4 rings (SSSR count). The molecule has 0 aliphatic rings. The van der Waals surface area contributed by atoms with E-state index in [1.807, 2.05) is 61.5 Å². The fraction of sp³-hybridized carbons (Fsp3) is 0.0455. The Morgan fingerprint density at radius 3 is 2.83 bits per heavy atom. The highest BCUT2D eigenvalue weighted by molar-refractivity contribution is 6.08. The molecule has 2 aromatic heterocycles. The van der Waals surface area contributed by atoms with Crippen LogP contribution in [0.1, 0.15) is 23.0 Å². The lowest BCUT2D eigenvalue weighted by molar-refractivity contribution is 0.102. The zero-order valence-electron chi connectivity index (χ0n) is 15.9. The summed E-state index contributed by atoms with van der Waals surface area (Å²) < 4.78 is 0. The maximum absolute atomic E-state index is 12.7. The number of hydrogen-bond acceptors (Lipinski definition) is 5. The largest absolute Gasteiger partial charge is 0.385 e. The highest BCUT2D eigenvalue weighted by atomic mass is 16.1.